The molecule has 206 valence electrons. The maximum absolute atomic E-state index is 13.7. The number of esters is 1. The molecule has 1 aromatic rings. The van der Waals surface area contributed by atoms with Crippen molar-refractivity contribution in [1.82, 2.24) is 15.5 Å². The van der Waals surface area contributed by atoms with Gasteiger partial charge in [0.1, 0.15) is 29.8 Å². The highest BCUT2D eigenvalue weighted by molar-refractivity contribution is 5.95. The number of hydrogen-bond donors (Lipinski definition) is 2. The second-order valence-corrected chi connectivity index (χ2v) is 10.9. The number of carbonyl (C=O) groups excluding carboxylic acids is 4. The number of amides is 3. The largest absolute Gasteiger partial charge is 0.459 e. The molecule has 0 unspecified atom stereocenters. The first kappa shape index (κ1) is 30.1. The minimum absolute atomic E-state index is 0.134. The number of alkyl carbamates (subject to hydrolysis) is 1. The molecule has 0 saturated carbocycles. The van der Waals surface area contributed by atoms with Gasteiger partial charge in [-0.2, -0.15) is 0 Å². The monoisotopic (exact) mass is 517 g/mol. The van der Waals surface area contributed by atoms with Crippen LogP contribution in [0.3, 0.4) is 0 Å². The third-order valence-corrected chi connectivity index (χ3v) is 6.78. The molecule has 1 aliphatic heterocycles. The van der Waals surface area contributed by atoms with Crippen molar-refractivity contribution in [3.8, 4) is 0 Å². The first-order valence-corrected chi connectivity index (χ1v) is 13.1. The lowest BCUT2D eigenvalue weighted by Gasteiger charge is -2.35. The maximum Gasteiger partial charge on any atom is 0.408 e. The van der Waals surface area contributed by atoms with E-state index < -0.39 is 41.2 Å². The zero-order chi connectivity index (χ0) is 27.8. The van der Waals surface area contributed by atoms with Crippen molar-refractivity contribution in [3.05, 3.63) is 35.9 Å². The molecule has 9 heteroatoms. The van der Waals surface area contributed by atoms with Crippen LogP contribution in [-0.4, -0.2) is 58.5 Å². The van der Waals surface area contributed by atoms with E-state index in [-0.39, 0.29) is 24.9 Å². The van der Waals surface area contributed by atoms with Crippen LogP contribution in [0, 0.1) is 5.92 Å². The molecule has 2 N–H and O–H groups in total. The van der Waals surface area contributed by atoms with E-state index in [2.05, 4.69) is 10.6 Å². The van der Waals surface area contributed by atoms with E-state index in [1.165, 1.54) is 4.90 Å². The molecule has 1 saturated heterocycles. The number of hydrogen-bond acceptors (Lipinski definition) is 6. The van der Waals surface area contributed by atoms with Gasteiger partial charge in [-0.1, -0.05) is 57.5 Å². The minimum Gasteiger partial charge on any atom is -0.459 e. The van der Waals surface area contributed by atoms with Crippen LogP contribution in [0.1, 0.15) is 79.7 Å². The third kappa shape index (κ3) is 8.47. The van der Waals surface area contributed by atoms with Gasteiger partial charge in [-0.3, -0.25) is 9.59 Å². The van der Waals surface area contributed by atoms with Crippen molar-refractivity contribution in [2.75, 3.05) is 6.54 Å². The number of carbonyl (C=O) groups is 4. The standard InChI is InChI=1S/C28H43N3O6/c1-8-19(3)22(29-25(34)28(7,9-2)30-26(35)37-27(4,5)6)23(32)31-17-13-16-21(31)24(33)36-18-20-14-11-10-12-15-20/h10-12,14-15,19,21-22H,8-9,13,16-18H2,1-7H3,(H,29,34)(H,30,35)/t19-,21+,22-,28-/m0/s1. The molecule has 1 fully saturated rings. The Kier molecular flexibility index (Phi) is 10.5. The van der Waals surface area contributed by atoms with Gasteiger partial charge in [-0.15, -0.1) is 0 Å². The summed E-state index contributed by atoms with van der Waals surface area (Å²) in [4.78, 5) is 53.9. The molecule has 1 heterocycles. The number of ether oxygens (including phenoxy) is 2. The van der Waals surface area contributed by atoms with Crippen LogP contribution in [0.4, 0.5) is 4.79 Å². The van der Waals surface area contributed by atoms with Crippen molar-refractivity contribution < 1.29 is 28.7 Å². The fourth-order valence-electron chi connectivity index (χ4n) is 4.10. The molecule has 0 aromatic heterocycles. The van der Waals surface area contributed by atoms with Crippen LogP contribution < -0.4 is 10.6 Å². The SMILES string of the molecule is CC[C@H](C)[C@H](NC(=O)[C@](C)(CC)NC(=O)OC(C)(C)C)C(=O)N1CCC[C@@H]1C(=O)OCc1ccccc1. The zero-order valence-corrected chi connectivity index (χ0v) is 23.3. The zero-order valence-electron chi connectivity index (χ0n) is 23.3. The molecule has 0 bridgehead atoms. The second kappa shape index (κ2) is 12.9. The van der Waals surface area contributed by atoms with Crippen LogP contribution in [-0.2, 0) is 30.5 Å². The van der Waals surface area contributed by atoms with Gasteiger partial charge < -0.3 is 25.0 Å². The highest BCUT2D eigenvalue weighted by atomic mass is 16.6. The number of nitrogens with one attached hydrogen (secondary N) is 2. The maximum atomic E-state index is 13.7. The fourth-order valence-corrected chi connectivity index (χ4v) is 4.10. The molecular weight excluding hydrogens is 474 g/mol. The lowest BCUT2D eigenvalue weighted by atomic mass is 9.93. The molecular formula is C28H43N3O6. The van der Waals surface area contributed by atoms with Gasteiger partial charge in [0.25, 0.3) is 0 Å². The van der Waals surface area contributed by atoms with Crippen LogP contribution >= 0.6 is 0 Å². The Morgan fingerprint density at radius 1 is 1.08 bits per heavy atom. The summed E-state index contributed by atoms with van der Waals surface area (Å²) >= 11 is 0. The summed E-state index contributed by atoms with van der Waals surface area (Å²) in [6.07, 6.45) is 1.39. The molecule has 3 amide bonds. The van der Waals surface area contributed by atoms with Gasteiger partial charge in [0, 0.05) is 6.54 Å². The highest BCUT2D eigenvalue weighted by Gasteiger charge is 2.42. The molecule has 0 radical (unpaired) electrons. The minimum atomic E-state index is -1.28. The van der Waals surface area contributed by atoms with E-state index in [0.29, 0.717) is 25.8 Å². The van der Waals surface area contributed by atoms with Gasteiger partial charge in [-0.25, -0.2) is 9.59 Å². The van der Waals surface area contributed by atoms with Gasteiger partial charge in [0.2, 0.25) is 11.8 Å². The normalized spacial score (nSPS) is 18.8. The second-order valence-electron chi connectivity index (χ2n) is 10.9. The average molecular weight is 518 g/mol. The summed E-state index contributed by atoms with van der Waals surface area (Å²) in [7, 11) is 0. The highest BCUT2D eigenvalue weighted by Crippen LogP contribution is 2.23. The summed E-state index contributed by atoms with van der Waals surface area (Å²) in [6, 6.07) is 7.82. The smallest absolute Gasteiger partial charge is 0.408 e. The molecule has 1 aromatic carbocycles. The Bertz CT molecular complexity index is 945. The number of benzene rings is 1. The predicted molar refractivity (Wildman–Crippen MR) is 140 cm³/mol. The summed E-state index contributed by atoms with van der Waals surface area (Å²) in [5.74, 6) is -1.45. The van der Waals surface area contributed by atoms with E-state index in [1.54, 1.807) is 34.6 Å². The van der Waals surface area contributed by atoms with Crippen molar-refractivity contribution in [3.63, 3.8) is 0 Å². The van der Waals surface area contributed by atoms with E-state index in [4.69, 9.17) is 9.47 Å². The Morgan fingerprint density at radius 2 is 1.73 bits per heavy atom. The van der Waals surface area contributed by atoms with Crippen LogP contribution in [0.2, 0.25) is 0 Å². The van der Waals surface area contributed by atoms with Crippen molar-refractivity contribution in [1.29, 1.82) is 0 Å². The predicted octanol–water partition coefficient (Wildman–Crippen LogP) is 3.95. The number of likely N-dealkylation sites (tertiary alicyclic amines) is 1. The van der Waals surface area contributed by atoms with Gasteiger partial charge in [-0.05, 0) is 58.4 Å². The van der Waals surface area contributed by atoms with Gasteiger partial charge >= 0.3 is 12.1 Å². The molecule has 37 heavy (non-hydrogen) atoms. The first-order valence-electron chi connectivity index (χ1n) is 13.1. The Hall–Kier alpha value is -3.10. The van der Waals surface area contributed by atoms with Crippen LogP contribution in [0.25, 0.3) is 0 Å². The number of nitrogens with zero attached hydrogens (tertiary/aromatic N) is 1. The van der Waals surface area contributed by atoms with Crippen LogP contribution in [0.15, 0.2) is 30.3 Å². The third-order valence-electron chi connectivity index (χ3n) is 6.78. The summed E-state index contributed by atoms with van der Waals surface area (Å²) < 4.78 is 10.8. The molecule has 0 spiro atoms. The molecule has 2 rings (SSSR count). The number of rotatable bonds is 10. The average Bonchev–Trinajstić information content (AvgIpc) is 3.34. The van der Waals surface area contributed by atoms with Crippen LogP contribution in [0.5, 0.6) is 0 Å². The van der Waals surface area contributed by atoms with Crippen molar-refractivity contribution in [2.45, 2.75) is 104 Å². The van der Waals surface area contributed by atoms with Gasteiger partial charge in [0.15, 0.2) is 0 Å². The van der Waals surface area contributed by atoms with Gasteiger partial charge in [0.05, 0.1) is 0 Å². The lowest BCUT2D eigenvalue weighted by molar-refractivity contribution is -0.155. The summed E-state index contributed by atoms with van der Waals surface area (Å²) in [5, 5.41) is 5.53. The van der Waals surface area contributed by atoms with E-state index in [9.17, 15) is 19.2 Å². The van der Waals surface area contributed by atoms with Crippen molar-refractivity contribution >= 4 is 23.9 Å². The van der Waals surface area contributed by atoms with E-state index in [1.807, 2.05) is 44.2 Å². The Labute approximate surface area is 220 Å². The topological polar surface area (TPSA) is 114 Å². The molecule has 4 atom stereocenters. The quantitative estimate of drug-likeness (QED) is 0.455. The molecule has 1 aliphatic rings. The Morgan fingerprint density at radius 3 is 2.30 bits per heavy atom. The van der Waals surface area contributed by atoms with E-state index in [0.717, 1.165) is 5.56 Å². The molecule has 0 aliphatic carbocycles. The fraction of sp³-hybridized carbons (Fsp3) is 0.643. The lowest BCUT2D eigenvalue weighted by Crippen LogP contribution is -2.62. The van der Waals surface area contributed by atoms with E-state index >= 15 is 0 Å². The first-order chi connectivity index (χ1) is 17.3. The summed E-state index contributed by atoms with van der Waals surface area (Å²) in [5.41, 5.74) is -1.13. The summed E-state index contributed by atoms with van der Waals surface area (Å²) in [6.45, 7) is 13.0. The molecule has 9 nitrogen and oxygen atoms in total. The van der Waals surface area contributed by atoms with Crippen molar-refractivity contribution in [2.24, 2.45) is 5.92 Å². The Balaban J connectivity index is 2.14.